The van der Waals surface area contributed by atoms with Crippen LogP contribution in [0, 0.1) is 10.6 Å². The molecule has 1 aliphatic heterocycles. The van der Waals surface area contributed by atoms with Gasteiger partial charge in [0.25, 0.3) is 11.5 Å². The summed E-state index contributed by atoms with van der Waals surface area (Å²) < 4.78 is 85.0. The lowest BCUT2D eigenvalue weighted by molar-refractivity contribution is -0.194. The minimum absolute atomic E-state index is 0.0198. The van der Waals surface area contributed by atoms with Gasteiger partial charge in [0.15, 0.2) is 4.77 Å². The summed E-state index contributed by atoms with van der Waals surface area (Å²) in [6.07, 6.45) is -5.65. The summed E-state index contributed by atoms with van der Waals surface area (Å²) in [4.78, 5) is 38.2. The van der Waals surface area contributed by atoms with Gasteiger partial charge in [-0.3, -0.25) is 23.9 Å². The molecule has 2 heterocycles. The highest BCUT2D eigenvalue weighted by Crippen LogP contribution is 2.46. The first-order chi connectivity index (χ1) is 17.2. The second-order valence-electron chi connectivity index (χ2n) is 7.81. The fraction of sp³-hybridized carbons (Fsp3) is 0.143. The van der Waals surface area contributed by atoms with E-state index in [1.807, 2.05) is 10.3 Å². The van der Waals surface area contributed by atoms with Gasteiger partial charge in [0.05, 0.1) is 10.5 Å². The lowest BCUT2D eigenvalue weighted by Crippen LogP contribution is -2.61. The molecule has 194 valence electrons. The fourth-order valence-electron chi connectivity index (χ4n) is 3.76. The number of carbonyl (C=O) groups excluding carboxylic acids is 2. The van der Waals surface area contributed by atoms with Crippen LogP contribution in [-0.4, -0.2) is 36.0 Å². The van der Waals surface area contributed by atoms with Crippen LogP contribution in [0.5, 0.6) is 0 Å². The van der Waals surface area contributed by atoms with Crippen LogP contribution in [0.2, 0.25) is 0 Å². The topological polar surface area (TPSA) is 142 Å². The van der Waals surface area contributed by atoms with Crippen molar-refractivity contribution in [3.8, 4) is 5.69 Å². The first-order valence-electron chi connectivity index (χ1n) is 10.1. The van der Waals surface area contributed by atoms with E-state index in [-0.39, 0.29) is 11.4 Å². The Morgan fingerprint density at radius 1 is 1.05 bits per heavy atom. The Morgan fingerprint density at radius 2 is 1.65 bits per heavy atom. The third-order valence-electron chi connectivity index (χ3n) is 5.34. The summed E-state index contributed by atoms with van der Waals surface area (Å²) in [5.74, 6) is -3.80. The van der Waals surface area contributed by atoms with Crippen molar-refractivity contribution in [2.24, 2.45) is 0 Å². The molecule has 4 N–H and O–H groups in total. The van der Waals surface area contributed by atoms with E-state index in [0.29, 0.717) is 0 Å². The third kappa shape index (κ3) is 4.42. The molecule has 0 radical (unpaired) electrons. The number of amides is 2. The zero-order chi connectivity index (χ0) is 27.3. The SMILES string of the molecule is CC(=O)Nc1ccc(S(=O)(=O)N[C@]2(C(F)(F)F)C(=O)Nc3c2c(=O)[nH]c(=S)n3-c2ccc(F)cc2)cc1. The second-order valence-corrected chi connectivity index (χ2v) is 9.88. The zero-order valence-electron chi connectivity index (χ0n) is 18.4. The van der Waals surface area contributed by atoms with Crippen molar-refractivity contribution in [3.05, 3.63) is 75.0 Å². The number of benzene rings is 2. The Labute approximate surface area is 210 Å². The molecule has 0 aliphatic carbocycles. The molecule has 0 bridgehead atoms. The van der Waals surface area contributed by atoms with Crippen molar-refractivity contribution >= 4 is 45.6 Å². The van der Waals surface area contributed by atoms with Gasteiger partial charge in [-0.05, 0) is 60.7 Å². The summed E-state index contributed by atoms with van der Waals surface area (Å²) in [5.41, 5.74) is -6.68. The minimum atomic E-state index is -5.65. The van der Waals surface area contributed by atoms with E-state index in [4.69, 9.17) is 12.2 Å². The summed E-state index contributed by atoms with van der Waals surface area (Å²) in [6, 6.07) is 8.25. The molecule has 10 nitrogen and oxygen atoms in total. The van der Waals surface area contributed by atoms with Crippen LogP contribution in [-0.2, 0) is 25.2 Å². The number of hydrogen-bond donors (Lipinski definition) is 4. The van der Waals surface area contributed by atoms with Gasteiger partial charge < -0.3 is 10.6 Å². The van der Waals surface area contributed by atoms with E-state index in [2.05, 4.69) is 5.32 Å². The molecule has 37 heavy (non-hydrogen) atoms. The quantitative estimate of drug-likeness (QED) is 0.281. The molecule has 1 aromatic heterocycles. The van der Waals surface area contributed by atoms with Crippen molar-refractivity contribution in [1.82, 2.24) is 14.3 Å². The van der Waals surface area contributed by atoms with Crippen LogP contribution >= 0.6 is 12.2 Å². The molecule has 0 saturated carbocycles. The van der Waals surface area contributed by atoms with Crippen molar-refractivity contribution < 1.29 is 35.6 Å². The molecular formula is C21H15F4N5O5S2. The van der Waals surface area contributed by atoms with Gasteiger partial charge in [-0.1, -0.05) is 0 Å². The average Bonchev–Trinajstić information content (AvgIpc) is 3.07. The number of sulfonamides is 1. The Hall–Kier alpha value is -3.89. The Balaban J connectivity index is 1.92. The number of H-pyrrole nitrogens is 1. The highest BCUT2D eigenvalue weighted by atomic mass is 32.2. The molecule has 3 aromatic rings. The van der Waals surface area contributed by atoms with Crippen molar-refractivity contribution in [3.63, 3.8) is 0 Å². The molecule has 0 fully saturated rings. The van der Waals surface area contributed by atoms with Gasteiger partial charge in [0.2, 0.25) is 21.5 Å². The largest absolute Gasteiger partial charge is 0.421 e. The van der Waals surface area contributed by atoms with Gasteiger partial charge in [0.1, 0.15) is 11.6 Å². The number of fused-ring (bicyclic) bond motifs is 1. The van der Waals surface area contributed by atoms with E-state index in [0.717, 1.165) is 53.1 Å². The number of halogens is 4. The van der Waals surface area contributed by atoms with Gasteiger partial charge in [-0.2, -0.15) is 17.9 Å². The lowest BCUT2D eigenvalue weighted by atomic mass is 9.93. The molecule has 4 rings (SSSR count). The van der Waals surface area contributed by atoms with Crippen LogP contribution in [0.15, 0.2) is 58.2 Å². The maximum absolute atomic E-state index is 14.6. The summed E-state index contributed by atoms with van der Waals surface area (Å²) in [6.45, 7) is 1.19. The Kier molecular flexibility index (Phi) is 6.29. The van der Waals surface area contributed by atoms with Crippen LogP contribution in [0.25, 0.3) is 5.69 Å². The van der Waals surface area contributed by atoms with Crippen LogP contribution in [0.3, 0.4) is 0 Å². The van der Waals surface area contributed by atoms with E-state index in [1.165, 1.54) is 11.6 Å². The number of alkyl halides is 3. The number of anilines is 2. The summed E-state index contributed by atoms with van der Waals surface area (Å²) >= 11 is 5.04. The average molecular weight is 558 g/mol. The number of hydrogen-bond acceptors (Lipinski definition) is 6. The monoisotopic (exact) mass is 557 g/mol. The Bertz CT molecular complexity index is 1650. The predicted molar refractivity (Wildman–Crippen MR) is 125 cm³/mol. The number of rotatable bonds is 5. The van der Waals surface area contributed by atoms with Crippen molar-refractivity contribution in [1.29, 1.82) is 0 Å². The van der Waals surface area contributed by atoms with Gasteiger partial charge >= 0.3 is 6.18 Å². The molecule has 2 aromatic carbocycles. The van der Waals surface area contributed by atoms with Gasteiger partial charge in [-0.15, -0.1) is 0 Å². The maximum Gasteiger partial charge on any atom is 0.421 e. The van der Waals surface area contributed by atoms with E-state index >= 15 is 0 Å². The van der Waals surface area contributed by atoms with E-state index < -0.39 is 66.0 Å². The highest BCUT2D eigenvalue weighted by Gasteiger charge is 2.69. The van der Waals surface area contributed by atoms with E-state index in [9.17, 15) is 40.4 Å². The van der Waals surface area contributed by atoms with Crippen molar-refractivity contribution in [2.45, 2.75) is 23.5 Å². The van der Waals surface area contributed by atoms with Crippen LogP contribution < -0.4 is 20.9 Å². The first-order valence-corrected chi connectivity index (χ1v) is 12.0. The molecule has 0 unspecified atom stereocenters. The minimum Gasteiger partial charge on any atom is -0.326 e. The number of carbonyl (C=O) groups is 2. The zero-order valence-corrected chi connectivity index (χ0v) is 20.1. The fourth-order valence-corrected chi connectivity index (χ4v) is 5.38. The van der Waals surface area contributed by atoms with Gasteiger partial charge in [-0.25, -0.2) is 12.8 Å². The molecular weight excluding hydrogens is 542 g/mol. The molecule has 0 spiro atoms. The Morgan fingerprint density at radius 3 is 2.19 bits per heavy atom. The normalized spacial score (nSPS) is 17.3. The molecule has 16 heteroatoms. The number of aromatic amines is 1. The smallest absolute Gasteiger partial charge is 0.326 e. The first kappa shape index (κ1) is 26.2. The second kappa shape index (κ2) is 8.89. The standard InChI is InChI=1S/C21H15F4N5O5S2/c1-10(31)26-12-4-8-14(9-5-12)37(34,35)29-20(21(23,24)25)15-16(27-18(20)33)30(19(36)28-17(15)32)13-6-2-11(22)3-7-13/h2-9,29H,1H3,(H,26,31)(H,27,33)(H,28,32,36)/t20-/m0/s1. The molecule has 1 atom stereocenters. The summed E-state index contributed by atoms with van der Waals surface area (Å²) in [5, 5.41) is 4.28. The maximum atomic E-state index is 14.6. The third-order valence-corrected chi connectivity index (χ3v) is 7.09. The lowest BCUT2D eigenvalue weighted by Gasteiger charge is -2.29. The number of nitrogens with one attached hydrogen (secondary N) is 4. The molecule has 0 saturated heterocycles. The van der Waals surface area contributed by atoms with Crippen molar-refractivity contribution in [2.75, 3.05) is 10.6 Å². The molecule has 2 amide bonds. The summed E-state index contributed by atoms with van der Waals surface area (Å²) in [7, 11) is -5.10. The van der Waals surface area contributed by atoms with E-state index in [1.54, 1.807) is 0 Å². The number of nitrogens with zero attached hydrogens (tertiary/aromatic N) is 1. The van der Waals surface area contributed by atoms with Gasteiger partial charge in [0, 0.05) is 18.3 Å². The number of aromatic nitrogens is 2. The molecule has 1 aliphatic rings. The van der Waals surface area contributed by atoms with Crippen LogP contribution in [0.1, 0.15) is 12.5 Å². The predicted octanol–water partition coefficient (Wildman–Crippen LogP) is 2.68. The highest BCUT2D eigenvalue weighted by molar-refractivity contribution is 7.89. The van der Waals surface area contributed by atoms with Crippen LogP contribution in [0.4, 0.5) is 29.1 Å².